The first-order chi connectivity index (χ1) is 9.01. The maximum Gasteiger partial charge on any atom is 0.274 e. The number of pyridine rings is 1. The molecular formula is C13H17ClN4O. The van der Waals surface area contributed by atoms with Crippen LogP contribution in [0.15, 0.2) is 12.1 Å². The number of nitrogens with zero attached hydrogens (tertiary/aromatic N) is 3. The molecule has 0 aromatic carbocycles. The van der Waals surface area contributed by atoms with E-state index in [0.717, 1.165) is 0 Å². The minimum atomic E-state index is -0.257. The molecule has 1 heterocycles. The van der Waals surface area contributed by atoms with E-state index < -0.39 is 0 Å². The molecule has 0 aliphatic carbocycles. The highest BCUT2D eigenvalue weighted by atomic mass is 35.5. The normalized spacial score (nSPS) is 10.1. The number of hydrogen-bond donors (Lipinski definition) is 1. The van der Waals surface area contributed by atoms with Gasteiger partial charge < -0.3 is 10.2 Å². The number of carbonyl (C=O) groups is 1. The zero-order chi connectivity index (χ0) is 14.4. The smallest absolute Gasteiger partial charge is 0.274 e. The molecule has 0 radical (unpaired) electrons. The first-order valence-corrected chi connectivity index (χ1v) is 6.41. The molecule has 6 heteroatoms. The molecule has 1 rings (SSSR count). The maximum absolute atomic E-state index is 12.4. The Bertz CT molecular complexity index is 496. The number of nitrogens with one attached hydrogen (secondary N) is 1. The van der Waals surface area contributed by atoms with Gasteiger partial charge in [-0.05, 0) is 26.0 Å². The quantitative estimate of drug-likeness (QED) is 0.900. The molecule has 1 aromatic rings. The molecule has 1 aromatic heterocycles. The average molecular weight is 281 g/mol. The molecule has 0 bridgehead atoms. The second-order valence-corrected chi connectivity index (χ2v) is 4.68. The Hall–Kier alpha value is -1.80. The Morgan fingerprint density at radius 2 is 2.26 bits per heavy atom. The van der Waals surface area contributed by atoms with Gasteiger partial charge in [0.25, 0.3) is 5.91 Å². The highest BCUT2D eigenvalue weighted by molar-refractivity contribution is 6.33. The Labute approximate surface area is 118 Å². The summed E-state index contributed by atoms with van der Waals surface area (Å²) < 4.78 is 0. The molecule has 0 spiro atoms. The highest BCUT2D eigenvalue weighted by Crippen LogP contribution is 2.19. The molecule has 0 unspecified atom stereocenters. The summed E-state index contributed by atoms with van der Waals surface area (Å²) in [7, 11) is 1.72. The molecule has 0 fully saturated rings. The molecule has 0 atom stereocenters. The summed E-state index contributed by atoms with van der Waals surface area (Å²) in [6.07, 6.45) is 0.285. The standard InChI is InChI=1S/C13H17ClN4O/c1-9(2)18(8-4-7-15)13(19)12-10(14)5-6-11(16-3)17-12/h5-6,9H,4,8H2,1-3H3,(H,16,17). The van der Waals surface area contributed by atoms with Gasteiger partial charge in [-0.1, -0.05) is 11.6 Å². The fourth-order valence-corrected chi connectivity index (χ4v) is 1.82. The summed E-state index contributed by atoms with van der Waals surface area (Å²) in [4.78, 5) is 18.2. The van der Waals surface area contributed by atoms with Crippen molar-refractivity contribution in [2.24, 2.45) is 0 Å². The zero-order valence-corrected chi connectivity index (χ0v) is 12.0. The van der Waals surface area contributed by atoms with Crippen LogP contribution in [0.2, 0.25) is 5.02 Å². The van der Waals surface area contributed by atoms with Crippen molar-refractivity contribution in [1.29, 1.82) is 5.26 Å². The molecule has 0 aliphatic heterocycles. The summed E-state index contributed by atoms with van der Waals surface area (Å²) in [6, 6.07) is 5.36. The van der Waals surface area contributed by atoms with Crippen molar-refractivity contribution in [3.63, 3.8) is 0 Å². The van der Waals surface area contributed by atoms with Gasteiger partial charge in [-0.15, -0.1) is 0 Å². The molecule has 102 valence electrons. The monoisotopic (exact) mass is 280 g/mol. The number of amides is 1. The van der Waals surface area contributed by atoms with Crippen molar-refractivity contribution >= 4 is 23.3 Å². The van der Waals surface area contributed by atoms with E-state index in [1.807, 2.05) is 19.9 Å². The lowest BCUT2D eigenvalue weighted by Gasteiger charge is -2.25. The van der Waals surface area contributed by atoms with E-state index in [2.05, 4.69) is 10.3 Å². The third-order valence-corrected chi connectivity index (χ3v) is 2.96. The number of nitriles is 1. The summed E-state index contributed by atoms with van der Waals surface area (Å²) in [5.41, 5.74) is 0.208. The van der Waals surface area contributed by atoms with Crippen molar-refractivity contribution in [1.82, 2.24) is 9.88 Å². The fourth-order valence-electron chi connectivity index (χ4n) is 1.63. The van der Waals surface area contributed by atoms with Crippen LogP contribution >= 0.6 is 11.6 Å². The SMILES string of the molecule is CNc1ccc(Cl)c(C(=O)N(CCC#N)C(C)C)n1. The van der Waals surface area contributed by atoms with E-state index in [1.54, 1.807) is 24.1 Å². The number of aromatic nitrogens is 1. The molecule has 5 nitrogen and oxygen atoms in total. The van der Waals surface area contributed by atoms with Crippen LogP contribution in [0.25, 0.3) is 0 Å². The molecular weight excluding hydrogens is 264 g/mol. The van der Waals surface area contributed by atoms with Crippen LogP contribution in [-0.2, 0) is 0 Å². The van der Waals surface area contributed by atoms with Crippen LogP contribution in [0.5, 0.6) is 0 Å². The zero-order valence-electron chi connectivity index (χ0n) is 11.3. The molecule has 1 N–H and O–H groups in total. The third kappa shape index (κ3) is 3.83. The second kappa shape index (κ2) is 6.95. The van der Waals surface area contributed by atoms with Crippen molar-refractivity contribution in [3.05, 3.63) is 22.8 Å². The van der Waals surface area contributed by atoms with Gasteiger partial charge in [0, 0.05) is 19.6 Å². The van der Waals surface area contributed by atoms with E-state index in [-0.39, 0.29) is 24.1 Å². The average Bonchev–Trinajstić information content (AvgIpc) is 2.39. The minimum Gasteiger partial charge on any atom is -0.373 e. The van der Waals surface area contributed by atoms with Crippen LogP contribution in [-0.4, -0.2) is 35.4 Å². The van der Waals surface area contributed by atoms with Gasteiger partial charge in [-0.3, -0.25) is 4.79 Å². The first kappa shape index (κ1) is 15.3. The molecule has 0 saturated carbocycles. The Kier molecular flexibility index (Phi) is 5.58. The van der Waals surface area contributed by atoms with Gasteiger partial charge >= 0.3 is 0 Å². The van der Waals surface area contributed by atoms with Gasteiger partial charge in [-0.25, -0.2) is 4.98 Å². The topological polar surface area (TPSA) is 69.0 Å². The lowest BCUT2D eigenvalue weighted by molar-refractivity contribution is 0.0704. The molecule has 1 amide bonds. The second-order valence-electron chi connectivity index (χ2n) is 4.28. The summed E-state index contributed by atoms with van der Waals surface area (Å²) in [5.74, 6) is 0.323. The van der Waals surface area contributed by atoms with E-state index in [1.165, 1.54) is 0 Å². The van der Waals surface area contributed by atoms with E-state index >= 15 is 0 Å². The van der Waals surface area contributed by atoms with Crippen molar-refractivity contribution < 1.29 is 4.79 Å². The summed E-state index contributed by atoms with van der Waals surface area (Å²) in [6.45, 7) is 4.16. The number of carbonyl (C=O) groups excluding carboxylic acids is 1. The van der Waals surface area contributed by atoms with Gasteiger partial charge in [-0.2, -0.15) is 5.26 Å². The lowest BCUT2D eigenvalue weighted by Crippen LogP contribution is -2.38. The Morgan fingerprint density at radius 3 is 2.79 bits per heavy atom. The van der Waals surface area contributed by atoms with E-state index in [9.17, 15) is 4.79 Å². The van der Waals surface area contributed by atoms with Gasteiger partial charge in [0.2, 0.25) is 0 Å². The summed E-state index contributed by atoms with van der Waals surface area (Å²) in [5, 5.41) is 11.8. The van der Waals surface area contributed by atoms with Crippen molar-refractivity contribution in [2.75, 3.05) is 18.9 Å². The molecule has 19 heavy (non-hydrogen) atoms. The third-order valence-electron chi connectivity index (χ3n) is 2.65. The number of anilines is 1. The number of rotatable bonds is 5. The molecule has 0 saturated heterocycles. The van der Waals surface area contributed by atoms with Crippen LogP contribution < -0.4 is 5.32 Å². The Morgan fingerprint density at radius 1 is 1.58 bits per heavy atom. The van der Waals surface area contributed by atoms with Crippen molar-refractivity contribution in [2.45, 2.75) is 26.3 Å². The van der Waals surface area contributed by atoms with Crippen LogP contribution in [0.1, 0.15) is 30.8 Å². The lowest BCUT2D eigenvalue weighted by atomic mass is 10.2. The first-order valence-electron chi connectivity index (χ1n) is 6.03. The van der Waals surface area contributed by atoms with Crippen LogP contribution in [0, 0.1) is 11.3 Å². The number of halogens is 1. The molecule has 0 aliphatic rings. The fraction of sp³-hybridized carbons (Fsp3) is 0.462. The largest absolute Gasteiger partial charge is 0.373 e. The predicted molar refractivity (Wildman–Crippen MR) is 75.2 cm³/mol. The van der Waals surface area contributed by atoms with Gasteiger partial charge in [0.05, 0.1) is 17.5 Å². The van der Waals surface area contributed by atoms with Gasteiger partial charge in [0.1, 0.15) is 11.5 Å². The van der Waals surface area contributed by atoms with E-state index in [4.69, 9.17) is 16.9 Å². The Balaban J connectivity index is 3.05. The maximum atomic E-state index is 12.4. The number of hydrogen-bond acceptors (Lipinski definition) is 4. The van der Waals surface area contributed by atoms with E-state index in [0.29, 0.717) is 17.4 Å². The van der Waals surface area contributed by atoms with Crippen LogP contribution in [0.3, 0.4) is 0 Å². The van der Waals surface area contributed by atoms with Crippen LogP contribution in [0.4, 0.5) is 5.82 Å². The van der Waals surface area contributed by atoms with Gasteiger partial charge in [0.15, 0.2) is 0 Å². The predicted octanol–water partition coefficient (Wildman–Crippen LogP) is 2.54. The minimum absolute atomic E-state index is 0.0167. The highest BCUT2D eigenvalue weighted by Gasteiger charge is 2.22. The summed E-state index contributed by atoms with van der Waals surface area (Å²) >= 11 is 6.03. The van der Waals surface area contributed by atoms with Crippen molar-refractivity contribution in [3.8, 4) is 6.07 Å².